The van der Waals surface area contributed by atoms with E-state index in [-0.39, 0.29) is 0 Å². The molecule has 1 atom stereocenters. The lowest BCUT2D eigenvalue weighted by molar-refractivity contribution is 0.0789. The van der Waals surface area contributed by atoms with Crippen molar-refractivity contribution in [2.24, 2.45) is 7.05 Å². The van der Waals surface area contributed by atoms with Gasteiger partial charge in [-0.15, -0.1) is 0 Å². The summed E-state index contributed by atoms with van der Waals surface area (Å²) in [5.74, 6) is 0.522. The third kappa shape index (κ3) is 1.48. The first kappa shape index (κ1) is 9.36. The fourth-order valence-corrected chi connectivity index (χ4v) is 2.63. The van der Waals surface area contributed by atoms with Gasteiger partial charge < -0.3 is 10.1 Å². The monoisotopic (exact) mass is 207 g/mol. The summed E-state index contributed by atoms with van der Waals surface area (Å²) < 4.78 is 7.56. The standard InChI is InChI=1S/C11H17N3O/c1-14-10-6-12-5-9(10)11(13-14)8-3-2-4-15-7-8/h8,12H,2-7H2,1H3. The highest BCUT2D eigenvalue weighted by Crippen LogP contribution is 2.30. The molecule has 0 spiro atoms. The first-order valence-corrected chi connectivity index (χ1v) is 5.69. The van der Waals surface area contributed by atoms with Gasteiger partial charge in [0.2, 0.25) is 0 Å². The zero-order valence-corrected chi connectivity index (χ0v) is 9.12. The molecule has 1 N–H and O–H groups in total. The molecular weight excluding hydrogens is 190 g/mol. The van der Waals surface area contributed by atoms with Crippen molar-refractivity contribution in [1.82, 2.24) is 15.1 Å². The third-order valence-electron chi connectivity index (χ3n) is 3.45. The normalized spacial score (nSPS) is 25.5. The van der Waals surface area contributed by atoms with Crippen LogP contribution in [0, 0.1) is 0 Å². The van der Waals surface area contributed by atoms with Crippen LogP contribution in [0.5, 0.6) is 0 Å². The molecule has 1 aromatic heterocycles. The second kappa shape index (κ2) is 3.61. The summed E-state index contributed by atoms with van der Waals surface area (Å²) in [6.45, 7) is 3.72. The molecule has 0 radical (unpaired) electrons. The zero-order chi connectivity index (χ0) is 10.3. The van der Waals surface area contributed by atoms with Crippen LogP contribution >= 0.6 is 0 Å². The molecule has 1 aromatic rings. The van der Waals surface area contributed by atoms with Gasteiger partial charge in [-0.25, -0.2) is 0 Å². The molecule has 1 fully saturated rings. The molecule has 0 aromatic carbocycles. The smallest absolute Gasteiger partial charge is 0.0726 e. The Balaban J connectivity index is 1.93. The van der Waals surface area contributed by atoms with Crippen LogP contribution < -0.4 is 5.32 Å². The number of ether oxygens (including phenoxy) is 1. The molecule has 3 heterocycles. The number of rotatable bonds is 1. The van der Waals surface area contributed by atoms with E-state index in [0.29, 0.717) is 5.92 Å². The summed E-state index contributed by atoms with van der Waals surface area (Å²) in [6, 6.07) is 0. The number of fused-ring (bicyclic) bond motifs is 1. The van der Waals surface area contributed by atoms with E-state index in [9.17, 15) is 0 Å². The average Bonchev–Trinajstić information content (AvgIpc) is 2.84. The summed E-state index contributed by atoms with van der Waals surface area (Å²) in [4.78, 5) is 0. The van der Waals surface area contributed by atoms with Gasteiger partial charge in [0, 0.05) is 38.2 Å². The number of hydrogen-bond acceptors (Lipinski definition) is 3. The molecule has 0 bridgehead atoms. The molecule has 0 aliphatic carbocycles. The lowest BCUT2D eigenvalue weighted by atomic mass is 9.95. The Morgan fingerprint density at radius 2 is 2.40 bits per heavy atom. The molecule has 1 saturated heterocycles. The van der Waals surface area contributed by atoms with E-state index in [1.165, 1.54) is 29.8 Å². The second-order valence-corrected chi connectivity index (χ2v) is 4.45. The Bertz CT molecular complexity index is 366. The van der Waals surface area contributed by atoms with Crippen molar-refractivity contribution in [3.05, 3.63) is 17.0 Å². The lowest BCUT2D eigenvalue weighted by Gasteiger charge is -2.21. The highest BCUT2D eigenvalue weighted by Gasteiger charge is 2.27. The highest BCUT2D eigenvalue weighted by molar-refractivity contribution is 5.32. The Morgan fingerprint density at radius 1 is 1.47 bits per heavy atom. The van der Waals surface area contributed by atoms with Crippen LogP contribution in [0.15, 0.2) is 0 Å². The maximum absolute atomic E-state index is 5.54. The van der Waals surface area contributed by atoms with Crippen LogP contribution in [-0.2, 0) is 24.9 Å². The van der Waals surface area contributed by atoms with Crippen molar-refractivity contribution in [1.29, 1.82) is 0 Å². The van der Waals surface area contributed by atoms with Crippen LogP contribution in [0.1, 0.15) is 35.7 Å². The van der Waals surface area contributed by atoms with Gasteiger partial charge in [-0.3, -0.25) is 4.68 Å². The van der Waals surface area contributed by atoms with Crippen LogP contribution in [0.3, 0.4) is 0 Å². The molecule has 0 amide bonds. The van der Waals surface area contributed by atoms with Crippen molar-refractivity contribution in [3.63, 3.8) is 0 Å². The summed E-state index contributed by atoms with van der Waals surface area (Å²) in [5, 5.41) is 8.04. The fraction of sp³-hybridized carbons (Fsp3) is 0.727. The average molecular weight is 207 g/mol. The van der Waals surface area contributed by atoms with Gasteiger partial charge in [0.1, 0.15) is 0 Å². The second-order valence-electron chi connectivity index (χ2n) is 4.45. The topological polar surface area (TPSA) is 39.1 Å². The Hall–Kier alpha value is -0.870. The Kier molecular flexibility index (Phi) is 2.25. The van der Waals surface area contributed by atoms with Gasteiger partial charge in [-0.2, -0.15) is 5.10 Å². The molecule has 2 aliphatic rings. The number of aromatic nitrogens is 2. The largest absolute Gasteiger partial charge is 0.381 e. The molecule has 2 aliphatic heterocycles. The minimum absolute atomic E-state index is 0.522. The van der Waals surface area contributed by atoms with E-state index < -0.39 is 0 Å². The van der Waals surface area contributed by atoms with E-state index in [0.717, 1.165) is 26.3 Å². The van der Waals surface area contributed by atoms with Crippen LogP contribution in [0.4, 0.5) is 0 Å². The van der Waals surface area contributed by atoms with Crippen molar-refractivity contribution in [2.75, 3.05) is 13.2 Å². The first-order valence-electron chi connectivity index (χ1n) is 5.69. The van der Waals surface area contributed by atoms with E-state index in [1.54, 1.807) is 0 Å². The molecule has 3 rings (SSSR count). The Labute approximate surface area is 89.6 Å². The molecule has 82 valence electrons. The van der Waals surface area contributed by atoms with Crippen molar-refractivity contribution in [2.45, 2.75) is 31.8 Å². The van der Waals surface area contributed by atoms with Crippen molar-refractivity contribution >= 4 is 0 Å². The van der Waals surface area contributed by atoms with E-state index >= 15 is 0 Å². The molecule has 1 unspecified atom stereocenters. The number of nitrogens with one attached hydrogen (secondary N) is 1. The van der Waals surface area contributed by atoms with E-state index in [4.69, 9.17) is 4.74 Å². The van der Waals surface area contributed by atoms with Gasteiger partial charge in [0.25, 0.3) is 0 Å². The predicted octanol–water partition coefficient (Wildman–Crippen LogP) is 0.917. The summed E-state index contributed by atoms with van der Waals surface area (Å²) in [7, 11) is 2.04. The van der Waals surface area contributed by atoms with Gasteiger partial charge in [-0.05, 0) is 12.8 Å². The minimum Gasteiger partial charge on any atom is -0.381 e. The number of nitrogens with zero attached hydrogens (tertiary/aromatic N) is 2. The van der Waals surface area contributed by atoms with Crippen LogP contribution in [0.2, 0.25) is 0 Å². The Morgan fingerprint density at radius 3 is 3.20 bits per heavy atom. The highest BCUT2D eigenvalue weighted by atomic mass is 16.5. The molecule has 4 nitrogen and oxygen atoms in total. The maximum atomic E-state index is 5.54. The van der Waals surface area contributed by atoms with E-state index in [2.05, 4.69) is 10.4 Å². The third-order valence-corrected chi connectivity index (χ3v) is 3.45. The maximum Gasteiger partial charge on any atom is 0.0726 e. The summed E-state index contributed by atoms with van der Waals surface area (Å²) in [6.07, 6.45) is 2.40. The van der Waals surface area contributed by atoms with Crippen LogP contribution in [0.25, 0.3) is 0 Å². The SMILES string of the molecule is Cn1nc(C2CCCOC2)c2c1CNC2. The zero-order valence-electron chi connectivity index (χ0n) is 9.12. The lowest BCUT2D eigenvalue weighted by Crippen LogP contribution is -2.18. The van der Waals surface area contributed by atoms with Gasteiger partial charge in [0.15, 0.2) is 0 Å². The van der Waals surface area contributed by atoms with Gasteiger partial charge in [0.05, 0.1) is 18.0 Å². The van der Waals surface area contributed by atoms with Gasteiger partial charge in [-0.1, -0.05) is 0 Å². The van der Waals surface area contributed by atoms with Crippen molar-refractivity contribution < 1.29 is 4.74 Å². The molecule has 4 heteroatoms. The van der Waals surface area contributed by atoms with E-state index in [1.807, 2.05) is 11.7 Å². The summed E-state index contributed by atoms with van der Waals surface area (Å²) >= 11 is 0. The molecule has 15 heavy (non-hydrogen) atoms. The first-order chi connectivity index (χ1) is 7.36. The number of aryl methyl sites for hydroxylation is 1. The van der Waals surface area contributed by atoms with Crippen LogP contribution in [-0.4, -0.2) is 23.0 Å². The predicted molar refractivity (Wildman–Crippen MR) is 56.5 cm³/mol. The quantitative estimate of drug-likeness (QED) is 0.744. The number of hydrogen-bond donors (Lipinski definition) is 1. The molecule has 0 saturated carbocycles. The van der Waals surface area contributed by atoms with Gasteiger partial charge >= 0.3 is 0 Å². The van der Waals surface area contributed by atoms with Crippen molar-refractivity contribution in [3.8, 4) is 0 Å². The fourth-order valence-electron chi connectivity index (χ4n) is 2.63. The molecular formula is C11H17N3O. The summed E-state index contributed by atoms with van der Waals surface area (Å²) in [5.41, 5.74) is 4.06. The minimum atomic E-state index is 0.522.